The monoisotopic (exact) mass is 559 g/mol. The van der Waals surface area contributed by atoms with Crippen molar-refractivity contribution in [2.45, 2.75) is 25.2 Å². The smallest absolute Gasteiger partial charge is 0.243 e. The van der Waals surface area contributed by atoms with Gasteiger partial charge in [-0.15, -0.1) is 10.2 Å². The second-order valence-corrected chi connectivity index (χ2v) is 10.4. The third-order valence-electron chi connectivity index (χ3n) is 5.75. The fourth-order valence-electron chi connectivity index (χ4n) is 3.71. The molecule has 4 rings (SSSR count). The Morgan fingerprint density at radius 2 is 1.67 bits per heavy atom. The molecule has 3 heterocycles. The first-order chi connectivity index (χ1) is 18.6. The van der Waals surface area contributed by atoms with E-state index in [1.54, 1.807) is 30.3 Å². The highest BCUT2D eigenvalue weighted by Gasteiger charge is 2.34. The highest BCUT2D eigenvalue weighted by atomic mass is 32.2. The van der Waals surface area contributed by atoms with E-state index in [9.17, 15) is 17.9 Å². The lowest BCUT2D eigenvalue weighted by molar-refractivity contribution is 0.166. The zero-order valence-corrected chi connectivity index (χ0v) is 22.5. The van der Waals surface area contributed by atoms with Crippen molar-refractivity contribution in [2.24, 2.45) is 0 Å². The Kier molecular flexibility index (Phi) is 7.92. The number of methoxy groups -OCH3 is 3. The van der Waals surface area contributed by atoms with E-state index in [4.69, 9.17) is 14.2 Å². The summed E-state index contributed by atoms with van der Waals surface area (Å²) >= 11 is 0. The summed E-state index contributed by atoms with van der Waals surface area (Å²) in [4.78, 5) is 11.8. The summed E-state index contributed by atoms with van der Waals surface area (Å²) in [5.74, 6) is -0.135. The van der Waals surface area contributed by atoms with Crippen molar-refractivity contribution in [3.63, 3.8) is 0 Å². The van der Waals surface area contributed by atoms with Gasteiger partial charge in [0, 0.05) is 6.07 Å². The number of nitrogens with zero attached hydrogens (tertiary/aromatic N) is 6. The van der Waals surface area contributed by atoms with E-state index in [1.165, 1.54) is 32.8 Å². The predicted octanol–water partition coefficient (Wildman–Crippen LogP) is 2.46. The maximum absolute atomic E-state index is 13.4. The Morgan fingerprint density at radius 3 is 2.26 bits per heavy atom. The number of hydrogen-bond donors (Lipinski definition) is 2. The lowest BCUT2D eigenvalue weighted by Crippen LogP contribution is -2.32. The fraction of sp³-hybridized carbons (Fsp3) is 0.292. The molecule has 0 aliphatic carbocycles. The van der Waals surface area contributed by atoms with Crippen molar-refractivity contribution in [2.75, 3.05) is 26.1 Å². The van der Waals surface area contributed by atoms with Crippen LogP contribution in [-0.2, 0) is 10.0 Å². The summed E-state index contributed by atoms with van der Waals surface area (Å²) in [5, 5.41) is 17.5. The standard InChI is InChI=1S/C24H26FN7O6S/c1-13-9-16(28-19(10-13)38-5)23-29-30-24(32(23)20-17(36-3)7-6-8-18(20)37-4)31-39(34,35)14(2)21(33)22-26-11-15(25)12-27-22/h6-12,14,21,33H,1-5H3,(H,30,31)/t14-,21-/m0/s1. The average molecular weight is 560 g/mol. The van der Waals surface area contributed by atoms with Gasteiger partial charge in [0.15, 0.2) is 17.5 Å². The molecule has 0 fully saturated rings. The molecular weight excluding hydrogens is 533 g/mol. The van der Waals surface area contributed by atoms with Crippen LogP contribution in [0.5, 0.6) is 17.4 Å². The van der Waals surface area contributed by atoms with Crippen LogP contribution in [0.2, 0.25) is 0 Å². The Bertz CT molecular complexity index is 1560. The Hall–Kier alpha value is -4.37. The van der Waals surface area contributed by atoms with Crippen LogP contribution in [0.4, 0.5) is 10.3 Å². The fourth-order valence-corrected chi connectivity index (χ4v) is 4.74. The molecule has 0 saturated carbocycles. The van der Waals surface area contributed by atoms with Crippen LogP contribution in [0, 0.1) is 12.7 Å². The third-order valence-corrected chi connectivity index (χ3v) is 7.45. The molecule has 0 spiro atoms. The van der Waals surface area contributed by atoms with Crippen molar-refractivity contribution < 1.29 is 32.1 Å². The molecule has 206 valence electrons. The number of ether oxygens (including phenoxy) is 3. The normalized spacial score (nSPS) is 13.0. The molecule has 39 heavy (non-hydrogen) atoms. The van der Waals surface area contributed by atoms with E-state index in [0.29, 0.717) is 23.1 Å². The number of sulfonamides is 1. The highest BCUT2D eigenvalue weighted by molar-refractivity contribution is 7.93. The van der Waals surface area contributed by atoms with Crippen molar-refractivity contribution >= 4 is 16.0 Å². The van der Waals surface area contributed by atoms with E-state index in [2.05, 4.69) is 29.9 Å². The SMILES string of the molecule is COc1cc(C)cc(-c2nnc(NS(=O)(=O)[C@@H](C)[C@H](O)c3ncc(F)cn3)n2-c2c(OC)cccc2OC)n1. The van der Waals surface area contributed by atoms with E-state index in [0.717, 1.165) is 18.0 Å². The highest BCUT2D eigenvalue weighted by Crippen LogP contribution is 2.38. The van der Waals surface area contributed by atoms with Crippen molar-refractivity contribution in [3.05, 3.63) is 59.9 Å². The lowest BCUT2D eigenvalue weighted by Gasteiger charge is -2.20. The summed E-state index contributed by atoms with van der Waals surface area (Å²) in [6.07, 6.45) is -0.0150. The topological polar surface area (TPSA) is 163 Å². The molecule has 0 saturated heterocycles. The van der Waals surface area contributed by atoms with Gasteiger partial charge in [0.2, 0.25) is 21.9 Å². The molecule has 2 N–H and O–H groups in total. The number of aryl methyl sites for hydroxylation is 1. The van der Waals surface area contributed by atoms with Crippen molar-refractivity contribution in [1.29, 1.82) is 0 Å². The first-order valence-electron chi connectivity index (χ1n) is 11.5. The van der Waals surface area contributed by atoms with Crippen LogP contribution in [0.15, 0.2) is 42.7 Å². The summed E-state index contributed by atoms with van der Waals surface area (Å²) < 4.78 is 60.2. The summed E-state index contributed by atoms with van der Waals surface area (Å²) in [7, 11) is 0.00603. The van der Waals surface area contributed by atoms with Crippen LogP contribution in [0.1, 0.15) is 24.4 Å². The van der Waals surface area contributed by atoms with Gasteiger partial charge < -0.3 is 19.3 Å². The molecule has 0 amide bonds. The molecule has 0 radical (unpaired) electrons. The zero-order valence-electron chi connectivity index (χ0n) is 21.7. The number of anilines is 1. The molecule has 13 nitrogen and oxygen atoms in total. The van der Waals surface area contributed by atoms with Crippen LogP contribution in [-0.4, -0.2) is 69.8 Å². The number of para-hydroxylation sites is 1. The predicted molar refractivity (Wildman–Crippen MR) is 138 cm³/mol. The van der Waals surface area contributed by atoms with Gasteiger partial charge in [-0.2, -0.15) is 0 Å². The number of halogens is 1. The second-order valence-electron chi connectivity index (χ2n) is 8.32. The average Bonchev–Trinajstić information content (AvgIpc) is 3.33. The number of rotatable bonds is 10. The largest absolute Gasteiger partial charge is 0.494 e. The van der Waals surface area contributed by atoms with Gasteiger partial charge in [-0.05, 0) is 37.6 Å². The second kappa shape index (κ2) is 11.2. The van der Waals surface area contributed by atoms with Crippen molar-refractivity contribution in [1.82, 2.24) is 29.7 Å². The van der Waals surface area contributed by atoms with Gasteiger partial charge in [0.25, 0.3) is 0 Å². The van der Waals surface area contributed by atoms with Crippen molar-refractivity contribution in [3.8, 4) is 34.6 Å². The van der Waals surface area contributed by atoms with Gasteiger partial charge in [-0.25, -0.2) is 27.8 Å². The van der Waals surface area contributed by atoms with E-state index < -0.39 is 27.2 Å². The van der Waals surface area contributed by atoms with Crippen LogP contribution in [0.25, 0.3) is 17.2 Å². The Labute approximate surface area is 223 Å². The molecule has 2 atom stereocenters. The molecule has 0 bridgehead atoms. The van der Waals surface area contributed by atoms with Crippen LogP contribution >= 0.6 is 0 Å². The first kappa shape index (κ1) is 27.7. The summed E-state index contributed by atoms with van der Waals surface area (Å²) in [5.41, 5.74) is 1.42. The zero-order chi connectivity index (χ0) is 28.3. The number of hydrogen-bond acceptors (Lipinski definition) is 11. The van der Waals surface area contributed by atoms with Gasteiger partial charge >= 0.3 is 0 Å². The minimum atomic E-state index is -4.35. The van der Waals surface area contributed by atoms with Crippen LogP contribution in [0.3, 0.4) is 0 Å². The van der Waals surface area contributed by atoms with Gasteiger partial charge in [-0.1, -0.05) is 6.07 Å². The first-order valence-corrected chi connectivity index (χ1v) is 13.0. The molecule has 15 heteroatoms. The van der Waals surface area contributed by atoms with Gasteiger partial charge in [0.1, 0.15) is 34.2 Å². The molecule has 0 unspecified atom stereocenters. The minimum absolute atomic E-state index is 0.146. The quantitative estimate of drug-likeness (QED) is 0.293. The summed E-state index contributed by atoms with van der Waals surface area (Å²) in [6.45, 7) is 3.08. The number of aliphatic hydroxyl groups excluding tert-OH is 1. The number of benzene rings is 1. The number of nitrogens with one attached hydrogen (secondary N) is 1. The maximum Gasteiger partial charge on any atom is 0.243 e. The molecule has 3 aromatic heterocycles. The molecule has 0 aliphatic rings. The summed E-state index contributed by atoms with van der Waals surface area (Å²) in [6, 6.07) is 8.45. The van der Waals surface area contributed by atoms with Crippen LogP contribution < -0.4 is 18.9 Å². The van der Waals surface area contributed by atoms with Gasteiger partial charge in [0.05, 0.1) is 33.7 Å². The maximum atomic E-state index is 13.4. The molecular formula is C24H26FN7O6S. The lowest BCUT2D eigenvalue weighted by atomic mass is 10.2. The minimum Gasteiger partial charge on any atom is -0.494 e. The molecule has 1 aromatic carbocycles. The van der Waals surface area contributed by atoms with E-state index >= 15 is 0 Å². The van der Waals surface area contributed by atoms with E-state index in [-0.39, 0.29) is 23.3 Å². The number of aromatic nitrogens is 6. The Morgan fingerprint density at radius 1 is 1.03 bits per heavy atom. The van der Waals surface area contributed by atoms with Gasteiger partial charge in [-0.3, -0.25) is 9.29 Å². The number of aliphatic hydroxyl groups is 1. The van der Waals surface area contributed by atoms with E-state index in [1.807, 2.05) is 6.92 Å². The Balaban J connectivity index is 1.86. The number of pyridine rings is 1. The third kappa shape index (κ3) is 5.58. The molecule has 0 aliphatic heterocycles. The molecule has 4 aromatic rings.